The Morgan fingerprint density at radius 3 is 1.21 bits per heavy atom. The molecule has 0 aromatic heterocycles. The van der Waals surface area contributed by atoms with E-state index in [0.29, 0.717) is 6.42 Å². The number of hydrogen-bond acceptors (Lipinski definition) is 8. The number of benzene rings is 8. The SMILES string of the molecule is CCCCCCCCCCCCCC[C@H](OC(=O)c1ccc2ccccc2c1)[C@H](OC(=O)c1ccc2ccccc2c1)[C@H](COC(=O)c1ccc2ccccc2c1)N1C(=O)c2cc3ccccc3cc2C1=O. The lowest BCUT2D eigenvalue weighted by molar-refractivity contribution is -0.0721. The van der Waals surface area contributed by atoms with Gasteiger partial charge in [-0.3, -0.25) is 14.5 Å². The van der Waals surface area contributed by atoms with Gasteiger partial charge in [-0.05, 0) is 104 Å². The van der Waals surface area contributed by atoms with Crippen LogP contribution in [-0.4, -0.2) is 59.5 Å². The molecule has 1 aliphatic rings. The van der Waals surface area contributed by atoms with Gasteiger partial charge in [0.05, 0.1) is 27.8 Å². The maximum Gasteiger partial charge on any atom is 0.338 e. The van der Waals surface area contributed by atoms with Crippen LogP contribution in [0.25, 0.3) is 43.1 Å². The third-order valence-electron chi connectivity index (χ3n) is 14.0. The van der Waals surface area contributed by atoms with Crippen LogP contribution in [0, 0.1) is 0 Å². The molecule has 72 heavy (non-hydrogen) atoms. The predicted octanol–water partition coefficient (Wildman–Crippen LogP) is 14.7. The second-order valence-corrected chi connectivity index (χ2v) is 19.1. The van der Waals surface area contributed by atoms with E-state index in [1.54, 1.807) is 48.5 Å². The van der Waals surface area contributed by atoms with Crippen LogP contribution >= 0.6 is 0 Å². The number of amides is 2. The summed E-state index contributed by atoms with van der Waals surface area (Å²) in [6.45, 7) is 1.66. The van der Waals surface area contributed by atoms with E-state index in [4.69, 9.17) is 14.2 Å². The lowest BCUT2D eigenvalue weighted by Gasteiger charge is -2.36. The molecule has 9 nitrogen and oxygen atoms in total. The van der Waals surface area contributed by atoms with Gasteiger partial charge < -0.3 is 14.2 Å². The Balaban J connectivity index is 1.08. The lowest BCUT2D eigenvalue weighted by Crippen LogP contribution is -2.56. The summed E-state index contributed by atoms with van der Waals surface area (Å²) in [5.41, 5.74) is 1.06. The van der Waals surface area contributed by atoms with Crippen molar-refractivity contribution in [3.8, 4) is 0 Å². The van der Waals surface area contributed by atoms with Crippen molar-refractivity contribution in [1.29, 1.82) is 0 Å². The highest BCUT2D eigenvalue weighted by Crippen LogP contribution is 2.34. The monoisotopic (exact) mass is 959 g/mol. The first-order chi connectivity index (χ1) is 35.2. The van der Waals surface area contributed by atoms with Gasteiger partial charge in [0, 0.05) is 0 Å². The summed E-state index contributed by atoms with van der Waals surface area (Å²) in [4.78, 5) is 74.4. The second-order valence-electron chi connectivity index (χ2n) is 19.1. The summed E-state index contributed by atoms with van der Waals surface area (Å²) in [7, 11) is 0. The summed E-state index contributed by atoms with van der Waals surface area (Å²) >= 11 is 0. The van der Waals surface area contributed by atoms with E-state index < -0.39 is 54.6 Å². The summed E-state index contributed by atoms with van der Waals surface area (Å²) in [6, 6.07) is 48.0. The van der Waals surface area contributed by atoms with Crippen LogP contribution < -0.4 is 0 Å². The molecular weight excluding hydrogens is 899 g/mol. The summed E-state index contributed by atoms with van der Waals surface area (Å²) < 4.78 is 19.3. The zero-order valence-electron chi connectivity index (χ0n) is 40.9. The first kappa shape index (κ1) is 49.3. The van der Waals surface area contributed by atoms with Gasteiger partial charge in [0.1, 0.15) is 18.8 Å². The number of esters is 3. The maximum absolute atomic E-state index is 14.9. The van der Waals surface area contributed by atoms with Gasteiger partial charge in [0.15, 0.2) is 6.10 Å². The number of rotatable bonds is 23. The molecule has 9 rings (SSSR count). The molecule has 0 radical (unpaired) electrons. The van der Waals surface area contributed by atoms with Gasteiger partial charge in [0.2, 0.25) is 0 Å². The van der Waals surface area contributed by atoms with Gasteiger partial charge in [-0.15, -0.1) is 0 Å². The summed E-state index contributed by atoms with van der Waals surface area (Å²) in [5.74, 6) is -3.44. The van der Waals surface area contributed by atoms with Crippen molar-refractivity contribution in [2.24, 2.45) is 0 Å². The molecule has 0 saturated carbocycles. The standard InChI is InChI=1S/C63H61NO8/c1-2-3-4-5-6-7-8-9-10-11-12-13-30-57(71-62(68)52-35-32-44-23-15-18-26-47(44)38-52)58(72-63(69)53-36-33-45-24-16-19-27-48(45)39-53)56(42-70-61(67)51-34-31-43-22-14-17-25-46(43)37-51)64-59(65)54-40-49-28-20-21-29-50(49)41-55(54)60(64)66/h14-29,31-41,56-58H,2-13,30,42H2,1H3/t56-,57-,58+/m0/s1. The summed E-state index contributed by atoms with van der Waals surface area (Å²) in [5, 5.41) is 6.75. The van der Waals surface area contributed by atoms with E-state index in [-0.39, 0.29) is 34.2 Å². The molecular formula is C63H61NO8. The minimum absolute atomic E-state index is 0.162. The average Bonchev–Trinajstić information content (AvgIpc) is 3.65. The molecule has 0 fully saturated rings. The molecule has 1 aliphatic heterocycles. The van der Waals surface area contributed by atoms with E-state index in [1.165, 1.54) is 44.9 Å². The molecule has 0 bridgehead atoms. The molecule has 0 aliphatic carbocycles. The Bertz CT molecular complexity index is 3200. The first-order valence-electron chi connectivity index (χ1n) is 25.7. The second kappa shape index (κ2) is 23.5. The van der Waals surface area contributed by atoms with Crippen LogP contribution in [0.2, 0.25) is 0 Å². The molecule has 8 aromatic rings. The van der Waals surface area contributed by atoms with Crippen molar-refractivity contribution in [2.75, 3.05) is 6.61 Å². The van der Waals surface area contributed by atoms with Crippen LogP contribution in [0.5, 0.6) is 0 Å². The van der Waals surface area contributed by atoms with Crippen LogP contribution in [0.1, 0.15) is 142 Å². The third-order valence-corrected chi connectivity index (χ3v) is 14.0. The highest BCUT2D eigenvalue weighted by molar-refractivity contribution is 6.23. The molecule has 0 spiro atoms. The van der Waals surface area contributed by atoms with Crippen LogP contribution in [0.15, 0.2) is 164 Å². The fourth-order valence-corrected chi connectivity index (χ4v) is 10.0. The van der Waals surface area contributed by atoms with Crippen molar-refractivity contribution in [1.82, 2.24) is 4.90 Å². The number of unbranched alkanes of at least 4 members (excludes halogenated alkanes) is 11. The van der Waals surface area contributed by atoms with E-state index in [1.807, 2.05) is 115 Å². The Hall–Kier alpha value is -7.65. The fraction of sp³-hybridized carbons (Fsp3) is 0.286. The number of hydrogen-bond donors (Lipinski definition) is 0. The highest BCUT2D eigenvalue weighted by atomic mass is 16.6. The average molecular weight is 960 g/mol. The number of fused-ring (bicyclic) bond motifs is 5. The fourth-order valence-electron chi connectivity index (χ4n) is 10.0. The molecule has 0 unspecified atom stereocenters. The van der Waals surface area contributed by atoms with E-state index in [2.05, 4.69) is 6.92 Å². The minimum Gasteiger partial charge on any atom is -0.460 e. The van der Waals surface area contributed by atoms with Crippen molar-refractivity contribution in [3.63, 3.8) is 0 Å². The molecule has 0 N–H and O–H groups in total. The van der Waals surface area contributed by atoms with Crippen molar-refractivity contribution >= 4 is 72.8 Å². The van der Waals surface area contributed by atoms with Gasteiger partial charge >= 0.3 is 17.9 Å². The topological polar surface area (TPSA) is 116 Å². The predicted molar refractivity (Wildman–Crippen MR) is 284 cm³/mol. The van der Waals surface area contributed by atoms with Gasteiger partial charge in [-0.1, -0.05) is 193 Å². The number of carbonyl (C=O) groups excluding carboxylic acids is 5. The zero-order chi connectivity index (χ0) is 49.8. The number of carbonyl (C=O) groups is 5. The molecule has 1 heterocycles. The molecule has 366 valence electrons. The Morgan fingerprint density at radius 2 is 0.778 bits per heavy atom. The van der Waals surface area contributed by atoms with Gasteiger partial charge in [0.25, 0.3) is 11.8 Å². The normalized spacial score (nSPS) is 13.6. The quantitative estimate of drug-likeness (QED) is 0.0269. The summed E-state index contributed by atoms with van der Waals surface area (Å²) in [6.07, 6.45) is 10.8. The Labute approximate surface area is 421 Å². The van der Waals surface area contributed by atoms with E-state index in [9.17, 15) is 24.0 Å². The van der Waals surface area contributed by atoms with Crippen molar-refractivity contribution < 1.29 is 38.2 Å². The highest BCUT2D eigenvalue weighted by Gasteiger charge is 2.48. The van der Waals surface area contributed by atoms with Crippen LogP contribution in [0.3, 0.4) is 0 Å². The number of imide groups is 1. The smallest absolute Gasteiger partial charge is 0.338 e. The lowest BCUT2D eigenvalue weighted by atomic mass is 9.97. The van der Waals surface area contributed by atoms with E-state index in [0.717, 1.165) is 73.7 Å². The van der Waals surface area contributed by atoms with Crippen LogP contribution in [-0.2, 0) is 14.2 Å². The minimum atomic E-state index is -1.50. The molecule has 2 amide bonds. The Morgan fingerprint density at radius 1 is 0.417 bits per heavy atom. The third kappa shape index (κ3) is 11.6. The zero-order valence-corrected chi connectivity index (χ0v) is 40.9. The van der Waals surface area contributed by atoms with Crippen LogP contribution in [0.4, 0.5) is 0 Å². The molecule has 8 aromatic carbocycles. The number of ether oxygens (including phenoxy) is 3. The largest absolute Gasteiger partial charge is 0.460 e. The van der Waals surface area contributed by atoms with Crippen molar-refractivity contribution in [2.45, 2.75) is 109 Å². The first-order valence-corrected chi connectivity index (χ1v) is 25.7. The molecule has 3 atom stereocenters. The van der Waals surface area contributed by atoms with Gasteiger partial charge in [-0.2, -0.15) is 0 Å². The number of nitrogens with zero attached hydrogens (tertiary/aromatic N) is 1. The van der Waals surface area contributed by atoms with Gasteiger partial charge in [-0.25, -0.2) is 14.4 Å². The van der Waals surface area contributed by atoms with Crippen molar-refractivity contribution in [3.05, 3.63) is 192 Å². The Kier molecular flexibility index (Phi) is 16.1. The molecule has 0 saturated heterocycles. The molecule has 9 heteroatoms. The maximum atomic E-state index is 14.9. The van der Waals surface area contributed by atoms with E-state index >= 15 is 0 Å².